The molecule has 2 heterocycles. The molecule has 2 aliphatic heterocycles. The summed E-state index contributed by atoms with van der Waals surface area (Å²) in [5.41, 5.74) is 0. The maximum absolute atomic E-state index is 5.52. The van der Waals surface area contributed by atoms with E-state index in [1.165, 1.54) is 13.0 Å². The molecule has 0 radical (unpaired) electrons. The Balaban J connectivity index is 0.000000396. The summed E-state index contributed by atoms with van der Waals surface area (Å²) in [6, 6.07) is 0.809. The Morgan fingerprint density at radius 3 is 2.54 bits per heavy atom. The van der Waals surface area contributed by atoms with E-state index in [2.05, 4.69) is 18.9 Å². The van der Waals surface area contributed by atoms with E-state index < -0.39 is 0 Å². The highest BCUT2D eigenvalue weighted by Gasteiger charge is 2.38. The van der Waals surface area contributed by atoms with Crippen LogP contribution in [0.3, 0.4) is 0 Å². The van der Waals surface area contributed by atoms with Crippen molar-refractivity contribution in [2.45, 2.75) is 33.2 Å². The number of likely N-dealkylation sites (tertiary alicyclic amines) is 1. The smallest absolute Gasteiger partial charge is 0.0509 e. The minimum Gasteiger partial charge on any atom is -0.381 e. The molecule has 3 atom stereocenters. The van der Waals surface area contributed by atoms with E-state index in [9.17, 15) is 0 Å². The maximum atomic E-state index is 5.52. The molecule has 0 spiro atoms. The first-order chi connectivity index (χ1) is 6.29. The minimum atomic E-state index is 0.737. The average molecular weight is 185 g/mol. The van der Waals surface area contributed by atoms with Crippen molar-refractivity contribution < 1.29 is 4.74 Å². The van der Waals surface area contributed by atoms with Crippen LogP contribution >= 0.6 is 0 Å². The van der Waals surface area contributed by atoms with Gasteiger partial charge in [0.1, 0.15) is 0 Å². The average Bonchev–Trinajstić information content (AvgIpc) is 2.53. The highest BCUT2D eigenvalue weighted by atomic mass is 16.5. The first-order valence-corrected chi connectivity index (χ1v) is 5.57. The van der Waals surface area contributed by atoms with Crippen molar-refractivity contribution in [1.29, 1.82) is 0 Å². The van der Waals surface area contributed by atoms with Gasteiger partial charge in [0.25, 0.3) is 0 Å². The molecule has 0 aromatic rings. The quantitative estimate of drug-likeness (QED) is 0.572. The first-order valence-electron chi connectivity index (χ1n) is 5.57. The Morgan fingerprint density at radius 2 is 1.92 bits per heavy atom. The molecule has 0 aromatic heterocycles. The summed E-state index contributed by atoms with van der Waals surface area (Å²) in [6.45, 7) is 9.53. The first kappa shape index (κ1) is 11.0. The monoisotopic (exact) mass is 185 g/mol. The van der Waals surface area contributed by atoms with Crippen molar-refractivity contribution in [2.24, 2.45) is 11.8 Å². The zero-order valence-electron chi connectivity index (χ0n) is 9.42. The number of hydrogen-bond donors (Lipinski definition) is 0. The molecular weight excluding hydrogens is 162 g/mol. The predicted molar refractivity (Wildman–Crippen MR) is 55.9 cm³/mol. The van der Waals surface area contributed by atoms with Crippen molar-refractivity contribution in [1.82, 2.24) is 4.90 Å². The summed E-state index contributed by atoms with van der Waals surface area (Å²) in [4.78, 5) is 2.50. The topological polar surface area (TPSA) is 12.5 Å². The van der Waals surface area contributed by atoms with Gasteiger partial charge in [0.15, 0.2) is 0 Å². The fraction of sp³-hybridized carbons (Fsp3) is 1.00. The summed E-state index contributed by atoms with van der Waals surface area (Å²) in [6.07, 6.45) is 1.34. The van der Waals surface area contributed by atoms with Gasteiger partial charge in [-0.1, -0.05) is 20.8 Å². The Labute approximate surface area is 82.3 Å². The molecule has 2 fully saturated rings. The van der Waals surface area contributed by atoms with E-state index >= 15 is 0 Å². The Morgan fingerprint density at radius 1 is 1.23 bits per heavy atom. The highest BCUT2D eigenvalue weighted by molar-refractivity contribution is 4.90. The number of ether oxygens (including phenoxy) is 1. The molecule has 2 heteroatoms. The van der Waals surface area contributed by atoms with Gasteiger partial charge in [-0.25, -0.2) is 0 Å². The molecule has 2 aliphatic rings. The van der Waals surface area contributed by atoms with Crippen LogP contribution in [0.15, 0.2) is 0 Å². The third kappa shape index (κ3) is 2.23. The van der Waals surface area contributed by atoms with Crippen LogP contribution in [0, 0.1) is 11.8 Å². The summed E-state index contributed by atoms with van der Waals surface area (Å²) in [7, 11) is 2.24. The summed E-state index contributed by atoms with van der Waals surface area (Å²) < 4.78 is 5.52. The maximum Gasteiger partial charge on any atom is 0.0509 e. The van der Waals surface area contributed by atoms with Crippen LogP contribution in [0.2, 0.25) is 0 Å². The van der Waals surface area contributed by atoms with Gasteiger partial charge in [-0.15, -0.1) is 0 Å². The molecule has 0 N–H and O–H groups in total. The number of hydrogen-bond acceptors (Lipinski definition) is 2. The van der Waals surface area contributed by atoms with Crippen molar-refractivity contribution in [2.75, 3.05) is 26.8 Å². The van der Waals surface area contributed by atoms with Crippen LogP contribution in [0.4, 0.5) is 0 Å². The van der Waals surface area contributed by atoms with Crippen LogP contribution in [-0.4, -0.2) is 37.7 Å². The van der Waals surface area contributed by atoms with E-state index in [-0.39, 0.29) is 0 Å². The minimum absolute atomic E-state index is 0.737. The number of fused-ring (bicyclic) bond motifs is 1. The van der Waals surface area contributed by atoms with E-state index in [0.29, 0.717) is 0 Å². The SMILES string of the molecule is CC.CC1COC[C@H]2CCN(C)[C@H]12. The largest absolute Gasteiger partial charge is 0.381 e. The van der Waals surface area contributed by atoms with Gasteiger partial charge in [0.2, 0.25) is 0 Å². The molecule has 0 saturated carbocycles. The normalized spacial score (nSPS) is 39.2. The second-order valence-corrected chi connectivity index (χ2v) is 4.03. The third-order valence-electron chi connectivity index (χ3n) is 3.14. The second-order valence-electron chi connectivity index (χ2n) is 4.03. The Hall–Kier alpha value is -0.0800. The van der Waals surface area contributed by atoms with Crippen molar-refractivity contribution in [3.8, 4) is 0 Å². The van der Waals surface area contributed by atoms with E-state index in [1.807, 2.05) is 13.8 Å². The molecule has 1 unspecified atom stereocenters. The van der Waals surface area contributed by atoms with Gasteiger partial charge in [0, 0.05) is 6.04 Å². The van der Waals surface area contributed by atoms with Crippen LogP contribution in [0.1, 0.15) is 27.2 Å². The molecule has 0 aliphatic carbocycles. The van der Waals surface area contributed by atoms with Gasteiger partial charge in [0.05, 0.1) is 13.2 Å². The fourth-order valence-electron chi connectivity index (χ4n) is 2.63. The highest BCUT2D eigenvalue weighted by Crippen LogP contribution is 2.32. The van der Waals surface area contributed by atoms with Gasteiger partial charge in [-0.05, 0) is 31.8 Å². The van der Waals surface area contributed by atoms with Crippen molar-refractivity contribution >= 4 is 0 Å². The molecular formula is C11H23NO. The zero-order valence-corrected chi connectivity index (χ0v) is 9.42. The summed E-state index contributed by atoms with van der Waals surface area (Å²) in [5, 5.41) is 0. The molecule has 2 nitrogen and oxygen atoms in total. The van der Waals surface area contributed by atoms with Crippen LogP contribution < -0.4 is 0 Å². The third-order valence-corrected chi connectivity index (χ3v) is 3.14. The van der Waals surface area contributed by atoms with E-state index in [0.717, 1.165) is 31.1 Å². The lowest BCUT2D eigenvalue weighted by atomic mass is 9.89. The summed E-state index contributed by atoms with van der Waals surface area (Å²) in [5.74, 6) is 1.56. The van der Waals surface area contributed by atoms with E-state index in [4.69, 9.17) is 4.74 Å². The predicted octanol–water partition coefficient (Wildman–Crippen LogP) is 2.00. The zero-order chi connectivity index (χ0) is 9.84. The van der Waals surface area contributed by atoms with Crippen LogP contribution in [0.25, 0.3) is 0 Å². The molecule has 2 rings (SSSR count). The lowest BCUT2D eigenvalue weighted by molar-refractivity contribution is -0.0113. The molecule has 78 valence electrons. The fourth-order valence-corrected chi connectivity index (χ4v) is 2.63. The van der Waals surface area contributed by atoms with Crippen molar-refractivity contribution in [3.63, 3.8) is 0 Å². The van der Waals surface area contributed by atoms with Gasteiger partial charge in [-0.2, -0.15) is 0 Å². The van der Waals surface area contributed by atoms with Crippen molar-refractivity contribution in [3.05, 3.63) is 0 Å². The van der Waals surface area contributed by atoms with E-state index in [1.54, 1.807) is 0 Å². The standard InChI is InChI=1S/C9H17NO.C2H6/c1-7-5-11-6-8-3-4-10(2)9(7)8;1-2/h7-9H,3-6H2,1-2H3;1-2H3/t7?,8-,9-;/m1./s1. The second kappa shape index (κ2) is 4.97. The lowest BCUT2D eigenvalue weighted by Gasteiger charge is -2.34. The van der Waals surface area contributed by atoms with Crippen LogP contribution in [0.5, 0.6) is 0 Å². The number of nitrogens with zero attached hydrogens (tertiary/aromatic N) is 1. The molecule has 13 heavy (non-hydrogen) atoms. The van der Waals surface area contributed by atoms with Gasteiger partial charge >= 0.3 is 0 Å². The number of rotatable bonds is 0. The Bertz CT molecular complexity index is 147. The molecule has 2 saturated heterocycles. The van der Waals surface area contributed by atoms with Gasteiger partial charge < -0.3 is 9.64 Å². The molecule has 0 amide bonds. The molecule has 0 bridgehead atoms. The Kier molecular flexibility index (Phi) is 4.20. The molecule has 0 aromatic carbocycles. The summed E-state index contributed by atoms with van der Waals surface area (Å²) >= 11 is 0. The van der Waals surface area contributed by atoms with Gasteiger partial charge in [-0.3, -0.25) is 0 Å². The van der Waals surface area contributed by atoms with Crippen LogP contribution in [-0.2, 0) is 4.74 Å². The lowest BCUT2D eigenvalue weighted by Crippen LogP contribution is -2.42.